The Bertz CT molecular complexity index is 674. The van der Waals surface area contributed by atoms with Crippen LogP contribution in [0, 0.1) is 13.8 Å². The van der Waals surface area contributed by atoms with Crippen molar-refractivity contribution < 1.29 is 14.6 Å². The van der Waals surface area contributed by atoms with Gasteiger partial charge in [0.25, 0.3) is 0 Å². The van der Waals surface area contributed by atoms with E-state index in [1.54, 1.807) is 19.1 Å². The average Bonchev–Trinajstić information content (AvgIpc) is 2.73. The monoisotopic (exact) mass is 307 g/mol. The van der Waals surface area contributed by atoms with Crippen LogP contribution in [0.15, 0.2) is 33.7 Å². The molecule has 1 unspecified atom stereocenters. The average molecular weight is 308 g/mol. The molecular formula is C16H18ClNO3. The van der Waals surface area contributed by atoms with E-state index < -0.39 is 5.60 Å². The Balaban J connectivity index is 2.16. The number of nitrogens with zero attached hydrogens (tertiary/aromatic N) is 1. The molecule has 2 N–H and O–H groups in total. The van der Waals surface area contributed by atoms with Crippen molar-refractivity contribution in [1.82, 2.24) is 0 Å². The van der Waals surface area contributed by atoms with E-state index in [9.17, 15) is 10.2 Å². The summed E-state index contributed by atoms with van der Waals surface area (Å²) in [4.78, 5) is 4.21. The van der Waals surface area contributed by atoms with Gasteiger partial charge in [0, 0.05) is 22.4 Å². The molecule has 0 saturated heterocycles. The van der Waals surface area contributed by atoms with Gasteiger partial charge in [0.2, 0.25) is 0 Å². The predicted molar refractivity (Wildman–Crippen MR) is 83.3 cm³/mol. The van der Waals surface area contributed by atoms with Gasteiger partial charge in [-0.05, 0) is 45.0 Å². The molecule has 0 amide bonds. The second-order valence-electron chi connectivity index (χ2n) is 5.27. The number of halogens is 1. The van der Waals surface area contributed by atoms with Crippen LogP contribution in [0.4, 0.5) is 0 Å². The molecule has 0 aliphatic heterocycles. The summed E-state index contributed by atoms with van der Waals surface area (Å²) < 4.78 is 5.43. The molecule has 4 nitrogen and oxygen atoms in total. The Morgan fingerprint density at radius 2 is 2.05 bits per heavy atom. The lowest BCUT2D eigenvalue weighted by molar-refractivity contribution is 0.0660. The summed E-state index contributed by atoms with van der Waals surface area (Å²) >= 11 is 5.87. The van der Waals surface area contributed by atoms with Crippen LogP contribution in [0.3, 0.4) is 0 Å². The van der Waals surface area contributed by atoms with Gasteiger partial charge in [-0.1, -0.05) is 11.6 Å². The Morgan fingerprint density at radius 3 is 2.67 bits per heavy atom. The van der Waals surface area contributed by atoms with E-state index in [-0.39, 0.29) is 12.3 Å². The van der Waals surface area contributed by atoms with Crippen LogP contribution in [0.5, 0.6) is 5.75 Å². The maximum absolute atomic E-state index is 10.5. The molecule has 112 valence electrons. The summed E-state index contributed by atoms with van der Waals surface area (Å²) in [5.41, 5.74) is 0.0952. The van der Waals surface area contributed by atoms with Crippen molar-refractivity contribution in [3.8, 4) is 5.75 Å². The molecule has 2 aromatic rings. The first-order valence-corrected chi connectivity index (χ1v) is 6.95. The Morgan fingerprint density at radius 1 is 1.33 bits per heavy atom. The molecule has 21 heavy (non-hydrogen) atoms. The van der Waals surface area contributed by atoms with Crippen molar-refractivity contribution in [1.29, 1.82) is 0 Å². The maximum Gasteiger partial charge on any atom is 0.124 e. The van der Waals surface area contributed by atoms with E-state index >= 15 is 0 Å². The third-order valence-corrected chi connectivity index (χ3v) is 3.48. The highest BCUT2D eigenvalue weighted by molar-refractivity contribution is 6.30. The zero-order chi connectivity index (χ0) is 15.6. The molecule has 0 saturated carbocycles. The zero-order valence-electron chi connectivity index (χ0n) is 12.2. The molecule has 0 aliphatic carbocycles. The normalized spacial score (nSPS) is 14.5. The molecule has 0 aliphatic rings. The van der Waals surface area contributed by atoms with E-state index in [1.165, 1.54) is 12.3 Å². The van der Waals surface area contributed by atoms with Crippen LogP contribution >= 0.6 is 11.6 Å². The van der Waals surface area contributed by atoms with Crippen molar-refractivity contribution in [3.05, 3.63) is 51.9 Å². The number of phenolic OH excluding ortho intramolecular Hbond substituents is 1. The van der Waals surface area contributed by atoms with E-state index in [0.29, 0.717) is 21.9 Å². The second-order valence-corrected chi connectivity index (χ2v) is 5.71. The summed E-state index contributed by atoms with van der Waals surface area (Å²) in [6.07, 6.45) is 1.50. The van der Waals surface area contributed by atoms with Crippen LogP contribution < -0.4 is 0 Å². The fourth-order valence-corrected chi connectivity index (χ4v) is 2.38. The molecule has 1 aromatic carbocycles. The highest BCUT2D eigenvalue weighted by Gasteiger charge is 2.27. The van der Waals surface area contributed by atoms with Gasteiger partial charge >= 0.3 is 0 Å². The van der Waals surface area contributed by atoms with Gasteiger partial charge in [-0.25, -0.2) is 0 Å². The highest BCUT2D eigenvalue weighted by atomic mass is 35.5. The van der Waals surface area contributed by atoms with Gasteiger partial charge in [0.05, 0.1) is 6.54 Å². The molecule has 1 atom stereocenters. The summed E-state index contributed by atoms with van der Waals surface area (Å²) in [5, 5.41) is 20.7. The number of aliphatic hydroxyl groups is 1. The van der Waals surface area contributed by atoms with Gasteiger partial charge in [-0.2, -0.15) is 0 Å². The standard InChI is InChI=1S/C16H18ClNO3/c1-10-6-14(11(2)21-10)16(3,20)9-18-8-12-7-13(17)4-5-15(12)19/h4-8,19-20H,9H2,1-3H3. The van der Waals surface area contributed by atoms with E-state index in [4.69, 9.17) is 16.0 Å². The minimum atomic E-state index is -1.13. The van der Waals surface area contributed by atoms with Crippen molar-refractivity contribution in [2.24, 2.45) is 4.99 Å². The number of aliphatic imine (C=N–C) groups is 1. The molecule has 1 aromatic heterocycles. The van der Waals surface area contributed by atoms with Crippen molar-refractivity contribution in [2.45, 2.75) is 26.4 Å². The Labute approximate surface area is 128 Å². The fourth-order valence-electron chi connectivity index (χ4n) is 2.20. The number of hydrogen-bond donors (Lipinski definition) is 2. The third kappa shape index (κ3) is 3.65. The summed E-state index contributed by atoms with van der Waals surface area (Å²) in [6, 6.07) is 6.53. The van der Waals surface area contributed by atoms with Gasteiger partial charge < -0.3 is 14.6 Å². The number of benzene rings is 1. The van der Waals surface area contributed by atoms with Gasteiger partial charge in [0.1, 0.15) is 22.9 Å². The molecule has 0 fully saturated rings. The number of rotatable bonds is 4. The smallest absolute Gasteiger partial charge is 0.124 e. The van der Waals surface area contributed by atoms with Crippen LogP contribution in [0.2, 0.25) is 5.02 Å². The maximum atomic E-state index is 10.5. The first kappa shape index (κ1) is 15.6. The summed E-state index contributed by atoms with van der Waals surface area (Å²) in [6.45, 7) is 5.47. The SMILES string of the molecule is Cc1cc(C(C)(O)CN=Cc2cc(Cl)ccc2O)c(C)o1. The quantitative estimate of drug-likeness (QED) is 0.848. The van der Waals surface area contributed by atoms with E-state index in [2.05, 4.69) is 4.99 Å². The molecule has 5 heteroatoms. The Hall–Kier alpha value is -1.78. The third-order valence-electron chi connectivity index (χ3n) is 3.24. The lowest BCUT2D eigenvalue weighted by Gasteiger charge is -2.20. The first-order chi connectivity index (χ1) is 9.79. The molecule has 1 heterocycles. The molecule has 0 bridgehead atoms. The predicted octanol–water partition coefficient (Wildman–Crippen LogP) is 3.58. The zero-order valence-corrected chi connectivity index (χ0v) is 13.0. The highest BCUT2D eigenvalue weighted by Crippen LogP contribution is 2.27. The number of aromatic hydroxyl groups is 1. The van der Waals surface area contributed by atoms with Crippen molar-refractivity contribution in [2.75, 3.05) is 6.54 Å². The molecule has 0 spiro atoms. The number of furan rings is 1. The second kappa shape index (κ2) is 5.92. The number of phenols is 1. The Kier molecular flexibility index (Phi) is 4.40. The molecular weight excluding hydrogens is 290 g/mol. The summed E-state index contributed by atoms with van der Waals surface area (Å²) in [7, 11) is 0. The van der Waals surface area contributed by atoms with Crippen LogP contribution in [0.1, 0.15) is 29.6 Å². The van der Waals surface area contributed by atoms with Crippen molar-refractivity contribution >= 4 is 17.8 Å². The lowest BCUT2D eigenvalue weighted by Crippen LogP contribution is -2.25. The van der Waals surface area contributed by atoms with Crippen LogP contribution in [0.25, 0.3) is 0 Å². The van der Waals surface area contributed by atoms with Crippen LogP contribution in [-0.4, -0.2) is 23.0 Å². The first-order valence-electron chi connectivity index (χ1n) is 6.58. The largest absolute Gasteiger partial charge is 0.507 e. The van der Waals surface area contributed by atoms with Crippen LogP contribution in [-0.2, 0) is 5.60 Å². The van der Waals surface area contributed by atoms with Crippen molar-refractivity contribution in [3.63, 3.8) is 0 Å². The lowest BCUT2D eigenvalue weighted by atomic mass is 9.96. The number of aryl methyl sites for hydroxylation is 2. The number of hydrogen-bond acceptors (Lipinski definition) is 4. The molecule has 0 radical (unpaired) electrons. The van der Waals surface area contributed by atoms with E-state index in [0.717, 1.165) is 5.76 Å². The fraction of sp³-hybridized carbons (Fsp3) is 0.312. The topological polar surface area (TPSA) is 66.0 Å². The van der Waals surface area contributed by atoms with Gasteiger partial charge in [-0.15, -0.1) is 0 Å². The van der Waals surface area contributed by atoms with Gasteiger partial charge in [-0.3, -0.25) is 4.99 Å². The minimum absolute atomic E-state index is 0.0955. The van der Waals surface area contributed by atoms with E-state index in [1.807, 2.05) is 19.9 Å². The van der Waals surface area contributed by atoms with Gasteiger partial charge in [0.15, 0.2) is 0 Å². The summed E-state index contributed by atoms with van der Waals surface area (Å²) in [5.74, 6) is 1.52. The molecule has 2 rings (SSSR count). The minimum Gasteiger partial charge on any atom is -0.507 e.